The van der Waals surface area contributed by atoms with Crippen LogP contribution in [0, 0.1) is 0 Å². The third-order valence-corrected chi connectivity index (χ3v) is 4.11. The number of halogens is 3. The van der Waals surface area contributed by atoms with E-state index < -0.39 is 30.8 Å². The Bertz CT molecular complexity index is 1090. The Kier molecular flexibility index (Phi) is 6.95. The van der Waals surface area contributed by atoms with E-state index in [1.54, 1.807) is 26.1 Å². The van der Waals surface area contributed by atoms with Gasteiger partial charge < -0.3 is 19.9 Å². The molecule has 32 heavy (non-hydrogen) atoms. The van der Waals surface area contributed by atoms with Crippen LogP contribution in [0.3, 0.4) is 0 Å². The minimum Gasteiger partial charge on any atom is -0.472 e. The Labute approximate surface area is 180 Å². The van der Waals surface area contributed by atoms with E-state index in [9.17, 15) is 22.8 Å². The van der Waals surface area contributed by atoms with Gasteiger partial charge in [0.25, 0.3) is 11.8 Å². The van der Waals surface area contributed by atoms with Crippen molar-refractivity contribution < 1.29 is 32.0 Å². The van der Waals surface area contributed by atoms with Crippen LogP contribution in [0.15, 0.2) is 29.2 Å². The van der Waals surface area contributed by atoms with Crippen LogP contribution in [-0.4, -0.2) is 43.8 Å². The summed E-state index contributed by atoms with van der Waals surface area (Å²) in [5, 5.41) is 12.9. The molecule has 0 atom stereocenters. The standard InChI is InChI=1S/C19H21F3N6O4/c1-11(2)32-18-14(10-31-27-18)17(30)24-8-13-9-28-15(26-13)5-12(7-25-28)6-23-16(29)3-4-19(20,21)22/h5,7,9-11H,3-4,6,8H2,1-2H3,(H,23,29)(H,24,30). The highest BCUT2D eigenvalue weighted by Gasteiger charge is 2.27. The van der Waals surface area contributed by atoms with E-state index in [-0.39, 0.29) is 30.6 Å². The lowest BCUT2D eigenvalue weighted by Crippen LogP contribution is -2.24. The molecular weight excluding hydrogens is 433 g/mol. The Morgan fingerprint density at radius 1 is 1.25 bits per heavy atom. The lowest BCUT2D eigenvalue weighted by molar-refractivity contribution is -0.144. The molecule has 0 bridgehead atoms. The summed E-state index contributed by atoms with van der Waals surface area (Å²) in [7, 11) is 0. The highest BCUT2D eigenvalue weighted by molar-refractivity contribution is 5.95. The summed E-state index contributed by atoms with van der Waals surface area (Å²) in [5.74, 6) is -1.06. The Balaban J connectivity index is 1.56. The molecule has 3 aromatic heterocycles. The van der Waals surface area contributed by atoms with Gasteiger partial charge in [0.05, 0.1) is 37.2 Å². The molecule has 2 amide bonds. The maximum atomic E-state index is 12.4. The molecule has 10 nitrogen and oxygen atoms in total. The molecular formula is C19H21F3N6O4. The number of nitrogens with one attached hydrogen (secondary N) is 2. The molecule has 0 saturated carbocycles. The SMILES string of the molecule is CC(C)Oc1nocc1C(=O)NCc1cn2ncc(CNC(=O)CCC(F)(F)F)cc2n1. The smallest absolute Gasteiger partial charge is 0.389 e. The topological polar surface area (TPSA) is 124 Å². The number of rotatable bonds is 9. The molecule has 13 heteroatoms. The summed E-state index contributed by atoms with van der Waals surface area (Å²) in [6.45, 7) is 3.70. The molecule has 172 valence electrons. The monoisotopic (exact) mass is 454 g/mol. The van der Waals surface area contributed by atoms with Crippen molar-refractivity contribution in [3.63, 3.8) is 0 Å². The van der Waals surface area contributed by atoms with E-state index in [0.29, 0.717) is 16.9 Å². The van der Waals surface area contributed by atoms with Gasteiger partial charge in [-0.1, -0.05) is 0 Å². The van der Waals surface area contributed by atoms with Gasteiger partial charge in [-0.25, -0.2) is 9.50 Å². The molecule has 0 unspecified atom stereocenters. The van der Waals surface area contributed by atoms with Crippen LogP contribution in [-0.2, 0) is 17.9 Å². The zero-order valence-electron chi connectivity index (χ0n) is 17.3. The van der Waals surface area contributed by atoms with Gasteiger partial charge in [0.2, 0.25) is 5.91 Å². The summed E-state index contributed by atoms with van der Waals surface area (Å²) < 4.78 is 48.2. The number of imidazole rings is 1. The van der Waals surface area contributed by atoms with Crippen LogP contribution >= 0.6 is 0 Å². The van der Waals surface area contributed by atoms with Crippen molar-refractivity contribution in [3.8, 4) is 5.88 Å². The molecule has 3 aromatic rings. The van der Waals surface area contributed by atoms with Crippen molar-refractivity contribution in [1.82, 2.24) is 30.4 Å². The lowest BCUT2D eigenvalue weighted by Gasteiger charge is -2.07. The van der Waals surface area contributed by atoms with Crippen molar-refractivity contribution >= 4 is 17.5 Å². The van der Waals surface area contributed by atoms with Gasteiger partial charge in [0, 0.05) is 13.0 Å². The highest BCUT2D eigenvalue weighted by atomic mass is 19.4. The Morgan fingerprint density at radius 3 is 2.75 bits per heavy atom. The summed E-state index contributed by atoms with van der Waals surface area (Å²) >= 11 is 0. The fraction of sp³-hybridized carbons (Fsp3) is 0.421. The number of hydrogen-bond donors (Lipinski definition) is 2. The summed E-state index contributed by atoms with van der Waals surface area (Å²) in [6.07, 6.45) is -2.11. The van der Waals surface area contributed by atoms with Crippen molar-refractivity contribution in [1.29, 1.82) is 0 Å². The first kappa shape index (κ1) is 23.0. The summed E-state index contributed by atoms with van der Waals surface area (Å²) in [6, 6.07) is 1.64. The first-order valence-corrected chi connectivity index (χ1v) is 9.66. The van der Waals surface area contributed by atoms with Crippen molar-refractivity contribution in [3.05, 3.63) is 41.5 Å². The average molecular weight is 454 g/mol. The van der Waals surface area contributed by atoms with Gasteiger partial charge in [-0.05, 0) is 30.6 Å². The van der Waals surface area contributed by atoms with Gasteiger partial charge in [-0.3, -0.25) is 9.59 Å². The van der Waals surface area contributed by atoms with Crippen molar-refractivity contribution in [2.45, 2.75) is 52.1 Å². The van der Waals surface area contributed by atoms with Crippen LogP contribution in [0.5, 0.6) is 5.88 Å². The van der Waals surface area contributed by atoms with E-state index in [0.717, 1.165) is 0 Å². The third kappa shape index (κ3) is 6.43. The van der Waals surface area contributed by atoms with E-state index in [1.165, 1.54) is 17.0 Å². The van der Waals surface area contributed by atoms with Crippen LogP contribution in [0.2, 0.25) is 0 Å². The predicted molar refractivity (Wildman–Crippen MR) is 104 cm³/mol. The second-order valence-corrected chi connectivity index (χ2v) is 7.17. The average Bonchev–Trinajstić information content (AvgIpc) is 3.34. The van der Waals surface area contributed by atoms with Gasteiger partial charge in [-0.15, -0.1) is 0 Å². The number of ether oxygens (including phenoxy) is 1. The molecule has 3 heterocycles. The Morgan fingerprint density at radius 2 is 2.03 bits per heavy atom. The molecule has 0 spiro atoms. The second kappa shape index (κ2) is 9.66. The Hall–Kier alpha value is -3.64. The molecule has 0 radical (unpaired) electrons. The number of aromatic nitrogens is 4. The van der Waals surface area contributed by atoms with Crippen LogP contribution in [0.1, 0.15) is 48.3 Å². The summed E-state index contributed by atoms with van der Waals surface area (Å²) in [5.41, 5.74) is 1.69. The molecule has 0 aromatic carbocycles. The van der Waals surface area contributed by atoms with E-state index >= 15 is 0 Å². The number of nitrogens with zero attached hydrogens (tertiary/aromatic N) is 4. The van der Waals surface area contributed by atoms with Gasteiger partial charge >= 0.3 is 6.18 Å². The molecule has 0 saturated heterocycles. The van der Waals surface area contributed by atoms with Crippen molar-refractivity contribution in [2.24, 2.45) is 0 Å². The fourth-order valence-corrected chi connectivity index (χ4v) is 2.64. The molecule has 3 rings (SSSR count). The zero-order chi connectivity index (χ0) is 23.3. The molecule has 0 aliphatic carbocycles. The van der Waals surface area contributed by atoms with E-state index in [1.807, 2.05) is 0 Å². The van der Waals surface area contributed by atoms with E-state index in [2.05, 4.69) is 25.9 Å². The quantitative estimate of drug-likeness (QED) is 0.509. The molecule has 0 aliphatic heterocycles. The van der Waals surface area contributed by atoms with Gasteiger partial charge in [0.1, 0.15) is 11.8 Å². The molecule has 0 fully saturated rings. The number of carbonyl (C=O) groups excluding carboxylic acids is 2. The van der Waals surface area contributed by atoms with E-state index in [4.69, 9.17) is 9.26 Å². The maximum Gasteiger partial charge on any atom is 0.389 e. The normalized spacial score (nSPS) is 11.7. The fourth-order valence-electron chi connectivity index (χ4n) is 2.64. The number of fused-ring (bicyclic) bond motifs is 1. The third-order valence-electron chi connectivity index (χ3n) is 4.11. The lowest BCUT2D eigenvalue weighted by atomic mass is 10.2. The highest BCUT2D eigenvalue weighted by Crippen LogP contribution is 2.21. The minimum atomic E-state index is -4.38. The zero-order valence-corrected chi connectivity index (χ0v) is 17.3. The van der Waals surface area contributed by atoms with Gasteiger partial charge in [-0.2, -0.15) is 18.3 Å². The van der Waals surface area contributed by atoms with Crippen LogP contribution in [0.4, 0.5) is 13.2 Å². The first-order chi connectivity index (χ1) is 15.1. The second-order valence-electron chi connectivity index (χ2n) is 7.17. The van der Waals surface area contributed by atoms with Gasteiger partial charge in [0.15, 0.2) is 5.65 Å². The van der Waals surface area contributed by atoms with Crippen LogP contribution in [0.25, 0.3) is 5.65 Å². The van der Waals surface area contributed by atoms with Crippen molar-refractivity contribution in [2.75, 3.05) is 0 Å². The number of carbonyl (C=O) groups is 2. The predicted octanol–water partition coefficient (Wildman–Crippen LogP) is 2.39. The first-order valence-electron chi connectivity index (χ1n) is 9.66. The largest absolute Gasteiger partial charge is 0.472 e. The minimum absolute atomic E-state index is 0.0191. The summed E-state index contributed by atoms with van der Waals surface area (Å²) in [4.78, 5) is 28.3. The molecule has 2 N–H and O–H groups in total. The molecule has 0 aliphatic rings. The maximum absolute atomic E-state index is 12.4. The number of alkyl halides is 3. The number of hydrogen-bond acceptors (Lipinski definition) is 7. The van der Waals surface area contributed by atoms with Crippen LogP contribution < -0.4 is 15.4 Å². The number of amides is 2.